The molecule has 0 aliphatic carbocycles. The van der Waals surface area contributed by atoms with E-state index in [-0.39, 0.29) is 12.5 Å². The lowest BCUT2D eigenvalue weighted by Gasteiger charge is -2.19. The van der Waals surface area contributed by atoms with Crippen LogP contribution in [0.25, 0.3) is 0 Å². The number of carbonyl (C=O) groups excluding carboxylic acids is 1. The summed E-state index contributed by atoms with van der Waals surface area (Å²) >= 11 is 3.37. The lowest BCUT2D eigenvalue weighted by atomic mass is 10.3. The van der Waals surface area contributed by atoms with Gasteiger partial charge in [0.1, 0.15) is 12.4 Å². The zero-order chi connectivity index (χ0) is 14.8. The average Bonchev–Trinajstić information content (AvgIpc) is 2.41. The molecule has 110 valence electrons. The monoisotopic (exact) mass is 341 g/mol. The summed E-state index contributed by atoms with van der Waals surface area (Å²) in [4.78, 5) is 13.4. The second kappa shape index (κ2) is 9.55. The van der Waals surface area contributed by atoms with Crippen molar-refractivity contribution in [3.63, 3.8) is 0 Å². The van der Waals surface area contributed by atoms with Crippen LogP contribution in [-0.4, -0.2) is 43.7 Å². The molecule has 0 radical (unpaired) electrons. The number of rotatable bonds is 9. The highest BCUT2D eigenvalue weighted by atomic mass is 79.9. The maximum absolute atomic E-state index is 11.5. The number of hydrogen-bond acceptors (Lipinski definition) is 4. The van der Waals surface area contributed by atoms with Gasteiger partial charge in [0.2, 0.25) is 0 Å². The molecule has 0 unspecified atom stereocenters. The SMILES string of the molecule is C=CCN(CCOc1ccc(Br)cc1)CC(=O)OCC. The number of nitrogens with zero attached hydrogens (tertiary/aromatic N) is 1. The molecule has 0 saturated heterocycles. The van der Waals surface area contributed by atoms with Crippen LogP contribution in [0.2, 0.25) is 0 Å². The molecule has 0 aliphatic rings. The molecule has 0 aliphatic heterocycles. The topological polar surface area (TPSA) is 38.8 Å². The lowest BCUT2D eigenvalue weighted by Crippen LogP contribution is -2.34. The van der Waals surface area contributed by atoms with Crippen molar-refractivity contribution in [1.82, 2.24) is 4.90 Å². The van der Waals surface area contributed by atoms with E-state index in [2.05, 4.69) is 22.5 Å². The predicted molar refractivity (Wildman–Crippen MR) is 82.9 cm³/mol. The molecule has 0 saturated carbocycles. The first kappa shape index (κ1) is 16.7. The van der Waals surface area contributed by atoms with Crippen LogP contribution in [0.5, 0.6) is 5.75 Å². The fourth-order valence-electron chi connectivity index (χ4n) is 1.63. The summed E-state index contributed by atoms with van der Waals surface area (Å²) in [6.07, 6.45) is 1.76. The van der Waals surface area contributed by atoms with Crippen molar-refractivity contribution in [2.75, 3.05) is 32.8 Å². The van der Waals surface area contributed by atoms with Gasteiger partial charge in [0.15, 0.2) is 0 Å². The highest BCUT2D eigenvalue weighted by Crippen LogP contribution is 2.15. The van der Waals surface area contributed by atoms with Gasteiger partial charge < -0.3 is 9.47 Å². The minimum absolute atomic E-state index is 0.224. The molecule has 1 aromatic carbocycles. The summed E-state index contributed by atoms with van der Waals surface area (Å²) in [5, 5.41) is 0. The molecule has 0 bridgehead atoms. The van der Waals surface area contributed by atoms with Crippen molar-refractivity contribution in [1.29, 1.82) is 0 Å². The number of carbonyl (C=O) groups is 1. The van der Waals surface area contributed by atoms with Crippen molar-refractivity contribution in [3.05, 3.63) is 41.4 Å². The van der Waals surface area contributed by atoms with Crippen LogP contribution in [-0.2, 0) is 9.53 Å². The van der Waals surface area contributed by atoms with Crippen LogP contribution in [0.3, 0.4) is 0 Å². The highest BCUT2D eigenvalue weighted by Gasteiger charge is 2.10. The van der Waals surface area contributed by atoms with Crippen molar-refractivity contribution >= 4 is 21.9 Å². The minimum atomic E-state index is -0.224. The number of halogens is 1. The molecule has 0 amide bonds. The number of hydrogen-bond donors (Lipinski definition) is 0. The zero-order valence-electron chi connectivity index (χ0n) is 11.7. The van der Waals surface area contributed by atoms with Gasteiger partial charge in [-0.1, -0.05) is 22.0 Å². The Labute approximate surface area is 128 Å². The van der Waals surface area contributed by atoms with Crippen LogP contribution < -0.4 is 4.74 Å². The fourth-order valence-corrected chi connectivity index (χ4v) is 1.89. The van der Waals surface area contributed by atoms with E-state index in [0.29, 0.717) is 26.3 Å². The van der Waals surface area contributed by atoms with Gasteiger partial charge in [-0.3, -0.25) is 9.69 Å². The van der Waals surface area contributed by atoms with Gasteiger partial charge >= 0.3 is 5.97 Å². The normalized spacial score (nSPS) is 10.3. The van der Waals surface area contributed by atoms with Gasteiger partial charge in [-0.15, -0.1) is 6.58 Å². The van der Waals surface area contributed by atoms with Crippen molar-refractivity contribution in [2.24, 2.45) is 0 Å². The molecular weight excluding hydrogens is 322 g/mol. The number of benzene rings is 1. The lowest BCUT2D eigenvalue weighted by molar-refractivity contribution is -0.144. The Balaban J connectivity index is 2.36. The summed E-state index contributed by atoms with van der Waals surface area (Å²) in [5.74, 6) is 0.584. The Morgan fingerprint density at radius 1 is 1.40 bits per heavy atom. The van der Waals surface area contributed by atoms with E-state index < -0.39 is 0 Å². The smallest absolute Gasteiger partial charge is 0.320 e. The maximum Gasteiger partial charge on any atom is 0.320 e. The molecule has 20 heavy (non-hydrogen) atoms. The maximum atomic E-state index is 11.5. The first-order chi connectivity index (χ1) is 9.65. The van der Waals surface area contributed by atoms with E-state index in [4.69, 9.17) is 9.47 Å². The third-order valence-electron chi connectivity index (χ3n) is 2.54. The van der Waals surface area contributed by atoms with Gasteiger partial charge in [0, 0.05) is 17.6 Å². The van der Waals surface area contributed by atoms with E-state index in [1.807, 2.05) is 29.2 Å². The molecule has 0 aromatic heterocycles. The van der Waals surface area contributed by atoms with Gasteiger partial charge in [-0.2, -0.15) is 0 Å². The first-order valence-corrected chi connectivity index (χ1v) is 7.32. The van der Waals surface area contributed by atoms with E-state index in [0.717, 1.165) is 10.2 Å². The number of ether oxygens (including phenoxy) is 2. The highest BCUT2D eigenvalue weighted by molar-refractivity contribution is 9.10. The largest absolute Gasteiger partial charge is 0.492 e. The van der Waals surface area contributed by atoms with E-state index in [1.165, 1.54) is 0 Å². The molecule has 1 aromatic rings. The van der Waals surface area contributed by atoms with Crippen LogP contribution in [0, 0.1) is 0 Å². The molecule has 0 spiro atoms. The Kier molecular flexibility index (Phi) is 7.99. The molecule has 0 N–H and O–H groups in total. The molecule has 0 atom stereocenters. The van der Waals surface area contributed by atoms with Crippen molar-refractivity contribution in [2.45, 2.75) is 6.92 Å². The third-order valence-corrected chi connectivity index (χ3v) is 3.06. The Morgan fingerprint density at radius 3 is 2.70 bits per heavy atom. The molecular formula is C15H20BrNO3. The quantitative estimate of drug-likeness (QED) is 0.511. The first-order valence-electron chi connectivity index (χ1n) is 6.53. The molecule has 1 rings (SSSR count). The van der Waals surface area contributed by atoms with Gasteiger partial charge in [0.05, 0.1) is 13.2 Å². The summed E-state index contributed by atoms with van der Waals surface area (Å²) in [7, 11) is 0. The van der Waals surface area contributed by atoms with Gasteiger partial charge in [-0.25, -0.2) is 0 Å². The molecule has 0 heterocycles. The second-order valence-electron chi connectivity index (χ2n) is 4.13. The standard InChI is InChI=1S/C15H20BrNO3/c1-3-9-17(12-15(18)19-4-2)10-11-20-14-7-5-13(16)6-8-14/h3,5-8H,1,4,9-12H2,2H3. The molecule has 4 nitrogen and oxygen atoms in total. The van der Waals surface area contributed by atoms with Crippen LogP contribution in [0.4, 0.5) is 0 Å². The van der Waals surface area contributed by atoms with Crippen molar-refractivity contribution in [3.8, 4) is 5.75 Å². The Bertz CT molecular complexity index is 420. The summed E-state index contributed by atoms with van der Waals surface area (Å²) in [6.45, 7) is 7.92. The van der Waals surface area contributed by atoms with Crippen LogP contribution >= 0.6 is 15.9 Å². The van der Waals surface area contributed by atoms with E-state index in [1.54, 1.807) is 13.0 Å². The van der Waals surface area contributed by atoms with Crippen molar-refractivity contribution < 1.29 is 14.3 Å². The van der Waals surface area contributed by atoms with Crippen LogP contribution in [0.1, 0.15) is 6.92 Å². The summed E-state index contributed by atoms with van der Waals surface area (Å²) in [6, 6.07) is 7.64. The van der Waals surface area contributed by atoms with Gasteiger partial charge in [0.25, 0.3) is 0 Å². The zero-order valence-corrected chi connectivity index (χ0v) is 13.3. The van der Waals surface area contributed by atoms with E-state index >= 15 is 0 Å². The molecule has 5 heteroatoms. The Hall–Kier alpha value is -1.33. The minimum Gasteiger partial charge on any atom is -0.492 e. The third kappa shape index (κ3) is 6.73. The Morgan fingerprint density at radius 2 is 2.10 bits per heavy atom. The van der Waals surface area contributed by atoms with E-state index in [9.17, 15) is 4.79 Å². The summed E-state index contributed by atoms with van der Waals surface area (Å²) < 4.78 is 11.6. The summed E-state index contributed by atoms with van der Waals surface area (Å²) in [5.41, 5.74) is 0. The van der Waals surface area contributed by atoms with Crippen LogP contribution in [0.15, 0.2) is 41.4 Å². The molecule has 0 fully saturated rings. The average molecular weight is 342 g/mol. The predicted octanol–water partition coefficient (Wildman–Crippen LogP) is 2.88. The fraction of sp³-hybridized carbons (Fsp3) is 0.400. The second-order valence-corrected chi connectivity index (χ2v) is 5.05. The number of esters is 1. The van der Waals surface area contributed by atoms with Gasteiger partial charge in [-0.05, 0) is 31.2 Å².